The highest BCUT2D eigenvalue weighted by Gasteiger charge is 2.15. The predicted octanol–water partition coefficient (Wildman–Crippen LogP) is 5.34. The highest BCUT2D eigenvalue weighted by atomic mass is 16.1. The molecule has 0 spiro atoms. The van der Waals surface area contributed by atoms with Crippen LogP contribution in [-0.2, 0) is 0 Å². The van der Waals surface area contributed by atoms with Crippen LogP contribution in [0.3, 0.4) is 0 Å². The van der Waals surface area contributed by atoms with Crippen LogP contribution in [0.2, 0.25) is 0 Å². The molecule has 2 N–H and O–H groups in total. The van der Waals surface area contributed by atoms with Crippen LogP contribution in [-0.4, -0.2) is 21.9 Å². The molecule has 0 unspecified atom stereocenters. The summed E-state index contributed by atoms with van der Waals surface area (Å²) in [5.74, 6) is 1.40. The molecule has 5 heteroatoms. The molecule has 0 bridgehead atoms. The topological polar surface area (TPSA) is 66.9 Å². The average molecular weight is 386 g/mol. The van der Waals surface area contributed by atoms with Gasteiger partial charge in [-0.05, 0) is 43.2 Å². The van der Waals surface area contributed by atoms with Gasteiger partial charge in [0.15, 0.2) is 5.82 Å². The fraction of sp³-hybridized carbons (Fsp3) is 0.292. The van der Waals surface area contributed by atoms with Crippen molar-refractivity contribution in [3.63, 3.8) is 0 Å². The van der Waals surface area contributed by atoms with Crippen molar-refractivity contribution in [3.05, 3.63) is 72.4 Å². The number of nitrogens with zero attached hydrogens (tertiary/aromatic N) is 2. The van der Waals surface area contributed by atoms with Crippen LogP contribution in [0.15, 0.2) is 66.9 Å². The molecule has 2 aromatic carbocycles. The summed E-state index contributed by atoms with van der Waals surface area (Å²) in [4.78, 5) is 21.5. The van der Waals surface area contributed by atoms with Gasteiger partial charge >= 0.3 is 0 Å². The first-order chi connectivity index (χ1) is 14.3. The molecule has 3 aromatic rings. The van der Waals surface area contributed by atoms with Gasteiger partial charge in [-0.1, -0.05) is 56.0 Å². The predicted molar refractivity (Wildman–Crippen MR) is 116 cm³/mol. The van der Waals surface area contributed by atoms with E-state index in [9.17, 15) is 4.79 Å². The van der Waals surface area contributed by atoms with Crippen LogP contribution in [0.4, 0.5) is 11.5 Å². The van der Waals surface area contributed by atoms with E-state index >= 15 is 0 Å². The quantitative estimate of drug-likeness (QED) is 0.581. The highest BCUT2D eigenvalue weighted by molar-refractivity contribution is 5.94. The van der Waals surface area contributed by atoms with Gasteiger partial charge in [-0.15, -0.1) is 0 Å². The largest absolute Gasteiger partial charge is 0.349 e. The first-order valence-electron chi connectivity index (χ1n) is 10.3. The summed E-state index contributed by atoms with van der Waals surface area (Å²) < 4.78 is 0. The molecule has 0 atom stereocenters. The molecule has 0 radical (unpaired) electrons. The molecule has 1 aliphatic rings. The SMILES string of the molecule is O=C(NC1CCCCCC1)c1ccc(Nc2ccnc(-c3ccccc3)n2)cc1. The monoisotopic (exact) mass is 386 g/mol. The molecular weight excluding hydrogens is 360 g/mol. The second-order valence-electron chi connectivity index (χ2n) is 7.50. The fourth-order valence-corrected chi connectivity index (χ4v) is 3.70. The highest BCUT2D eigenvalue weighted by Crippen LogP contribution is 2.20. The summed E-state index contributed by atoms with van der Waals surface area (Å²) in [6.45, 7) is 0. The minimum atomic E-state index is 0.0110. The lowest BCUT2D eigenvalue weighted by atomic mass is 10.1. The number of hydrogen-bond donors (Lipinski definition) is 2. The number of benzene rings is 2. The second-order valence-corrected chi connectivity index (χ2v) is 7.50. The van der Waals surface area contributed by atoms with Crippen LogP contribution >= 0.6 is 0 Å². The van der Waals surface area contributed by atoms with E-state index in [1.165, 1.54) is 25.7 Å². The molecule has 1 aliphatic carbocycles. The zero-order chi connectivity index (χ0) is 19.9. The number of anilines is 2. The Morgan fingerprint density at radius 1 is 0.862 bits per heavy atom. The molecule has 1 aromatic heterocycles. The number of nitrogens with one attached hydrogen (secondary N) is 2. The number of aromatic nitrogens is 2. The van der Waals surface area contributed by atoms with Crippen molar-refractivity contribution in [2.45, 2.75) is 44.6 Å². The molecule has 29 heavy (non-hydrogen) atoms. The molecule has 148 valence electrons. The van der Waals surface area contributed by atoms with Crippen LogP contribution in [0.25, 0.3) is 11.4 Å². The molecule has 1 amide bonds. The van der Waals surface area contributed by atoms with Crippen LogP contribution in [0.5, 0.6) is 0 Å². The Hall–Kier alpha value is -3.21. The van der Waals surface area contributed by atoms with Crippen LogP contribution < -0.4 is 10.6 Å². The van der Waals surface area contributed by atoms with E-state index in [4.69, 9.17) is 0 Å². The molecule has 4 rings (SSSR count). The number of carbonyl (C=O) groups is 1. The number of hydrogen-bond acceptors (Lipinski definition) is 4. The van der Waals surface area contributed by atoms with Crippen LogP contribution in [0.1, 0.15) is 48.9 Å². The lowest BCUT2D eigenvalue weighted by Gasteiger charge is -2.16. The first kappa shape index (κ1) is 19.1. The minimum absolute atomic E-state index is 0.0110. The van der Waals surface area contributed by atoms with Gasteiger partial charge in [-0.25, -0.2) is 9.97 Å². The summed E-state index contributed by atoms with van der Waals surface area (Å²) in [5.41, 5.74) is 2.54. The van der Waals surface area contributed by atoms with Crippen molar-refractivity contribution < 1.29 is 4.79 Å². The van der Waals surface area contributed by atoms with E-state index in [-0.39, 0.29) is 5.91 Å². The average Bonchev–Trinajstić information content (AvgIpc) is 3.04. The van der Waals surface area contributed by atoms with E-state index in [0.29, 0.717) is 17.4 Å². The van der Waals surface area contributed by atoms with Crippen LogP contribution in [0, 0.1) is 0 Å². The zero-order valence-corrected chi connectivity index (χ0v) is 16.5. The third kappa shape index (κ3) is 5.19. The van der Waals surface area contributed by atoms with E-state index in [0.717, 1.165) is 29.9 Å². The zero-order valence-electron chi connectivity index (χ0n) is 16.5. The summed E-state index contributed by atoms with van der Waals surface area (Å²) in [7, 11) is 0. The molecule has 1 heterocycles. The third-order valence-corrected chi connectivity index (χ3v) is 5.30. The maximum absolute atomic E-state index is 12.5. The number of carbonyl (C=O) groups excluding carboxylic acids is 1. The normalized spacial score (nSPS) is 14.8. The Morgan fingerprint density at radius 2 is 1.59 bits per heavy atom. The van der Waals surface area contributed by atoms with E-state index in [2.05, 4.69) is 20.6 Å². The van der Waals surface area contributed by atoms with Gasteiger partial charge in [0.2, 0.25) is 0 Å². The minimum Gasteiger partial charge on any atom is -0.349 e. The first-order valence-corrected chi connectivity index (χ1v) is 10.3. The van der Waals surface area contributed by atoms with Gasteiger partial charge in [-0.3, -0.25) is 4.79 Å². The number of amides is 1. The van der Waals surface area contributed by atoms with Crippen molar-refractivity contribution >= 4 is 17.4 Å². The van der Waals surface area contributed by atoms with Crippen molar-refractivity contribution in [3.8, 4) is 11.4 Å². The van der Waals surface area contributed by atoms with E-state index in [1.54, 1.807) is 6.20 Å². The molecule has 0 saturated heterocycles. The van der Waals surface area contributed by atoms with Crippen molar-refractivity contribution in [2.75, 3.05) is 5.32 Å². The Bertz CT molecular complexity index is 933. The van der Waals surface area contributed by atoms with Gasteiger partial charge in [0.25, 0.3) is 5.91 Å². The fourth-order valence-electron chi connectivity index (χ4n) is 3.70. The smallest absolute Gasteiger partial charge is 0.251 e. The molecule has 1 fully saturated rings. The van der Waals surface area contributed by atoms with Gasteiger partial charge in [0, 0.05) is 29.1 Å². The molecular formula is C24H26N4O. The van der Waals surface area contributed by atoms with Crippen molar-refractivity contribution in [1.82, 2.24) is 15.3 Å². The summed E-state index contributed by atoms with van der Waals surface area (Å²) in [5, 5.41) is 6.48. The second kappa shape index (κ2) is 9.32. The Labute approximate surface area is 171 Å². The molecule has 1 saturated carbocycles. The molecule has 0 aliphatic heterocycles. The van der Waals surface area contributed by atoms with E-state index in [1.807, 2.05) is 60.7 Å². The molecule has 5 nitrogen and oxygen atoms in total. The van der Waals surface area contributed by atoms with Gasteiger partial charge in [-0.2, -0.15) is 0 Å². The number of rotatable bonds is 5. The van der Waals surface area contributed by atoms with E-state index < -0.39 is 0 Å². The third-order valence-electron chi connectivity index (χ3n) is 5.30. The van der Waals surface area contributed by atoms with Gasteiger partial charge in [0.05, 0.1) is 0 Å². The van der Waals surface area contributed by atoms with Crippen molar-refractivity contribution in [2.24, 2.45) is 0 Å². The summed E-state index contributed by atoms with van der Waals surface area (Å²) in [6, 6.07) is 19.6. The standard InChI is InChI=1S/C24H26N4O/c29-24(27-20-10-6-1-2-7-11-20)19-12-14-21(15-13-19)26-22-16-17-25-23(28-22)18-8-4-3-5-9-18/h3-5,8-9,12-17,20H,1-2,6-7,10-11H2,(H,27,29)(H,25,26,28). The summed E-state index contributed by atoms with van der Waals surface area (Å²) in [6.07, 6.45) is 8.89. The van der Waals surface area contributed by atoms with Gasteiger partial charge in [0.1, 0.15) is 5.82 Å². The lowest BCUT2D eigenvalue weighted by molar-refractivity contribution is 0.0933. The maximum atomic E-state index is 12.5. The Morgan fingerprint density at radius 3 is 2.31 bits per heavy atom. The van der Waals surface area contributed by atoms with Crippen molar-refractivity contribution in [1.29, 1.82) is 0 Å². The Balaban J connectivity index is 1.40. The Kier molecular flexibility index (Phi) is 6.15. The van der Waals surface area contributed by atoms with Gasteiger partial charge < -0.3 is 10.6 Å². The summed E-state index contributed by atoms with van der Waals surface area (Å²) >= 11 is 0. The maximum Gasteiger partial charge on any atom is 0.251 e. The lowest BCUT2D eigenvalue weighted by Crippen LogP contribution is -2.34.